The highest BCUT2D eigenvalue weighted by Crippen LogP contribution is 2.54. The molecule has 1 N–H and O–H groups in total. The maximum atomic E-state index is 13.8. The van der Waals surface area contributed by atoms with Crippen molar-refractivity contribution in [2.24, 2.45) is 5.41 Å². The Morgan fingerprint density at radius 3 is 2.11 bits per heavy atom. The highest BCUT2D eigenvalue weighted by Gasteiger charge is 2.44. The molecule has 2 saturated heterocycles. The van der Waals surface area contributed by atoms with Gasteiger partial charge in [0.25, 0.3) is 11.8 Å². The van der Waals surface area contributed by atoms with Crippen LogP contribution in [0.3, 0.4) is 0 Å². The van der Waals surface area contributed by atoms with Crippen molar-refractivity contribution < 1.29 is 13.6 Å². The van der Waals surface area contributed by atoms with Gasteiger partial charge in [-0.25, -0.2) is 8.78 Å². The van der Waals surface area contributed by atoms with E-state index in [2.05, 4.69) is 23.2 Å². The smallest absolute Gasteiger partial charge is 0.257 e. The standard InChI is InChI=1S/C28H36F2N4O/c1-20-4-6-22(24(18-20)33-14-10-27(8-9-27)11-15-33)26(35)31-21-5-7-23(32(2)3)25(19-21)34-16-12-28(29,30)13-17-34/h4-7,18-19H,8-17H2,1-3H3,(H,31,35). The first-order chi connectivity index (χ1) is 16.6. The molecule has 2 aliphatic heterocycles. The van der Waals surface area contributed by atoms with E-state index in [1.54, 1.807) is 0 Å². The minimum Gasteiger partial charge on any atom is -0.376 e. The van der Waals surface area contributed by atoms with Crippen LogP contribution in [0.4, 0.5) is 31.5 Å². The van der Waals surface area contributed by atoms with Crippen molar-refractivity contribution in [3.63, 3.8) is 0 Å². The third kappa shape index (κ3) is 5.09. The molecule has 2 heterocycles. The highest BCUT2D eigenvalue weighted by molar-refractivity contribution is 6.08. The van der Waals surface area contributed by atoms with Gasteiger partial charge in [0.05, 0.1) is 16.9 Å². The van der Waals surface area contributed by atoms with Crippen molar-refractivity contribution >= 4 is 28.7 Å². The van der Waals surface area contributed by atoms with Crippen LogP contribution in [0.5, 0.6) is 0 Å². The molecule has 3 fully saturated rings. The van der Waals surface area contributed by atoms with Gasteiger partial charge in [0.2, 0.25) is 0 Å². The van der Waals surface area contributed by atoms with Crippen LogP contribution < -0.4 is 20.0 Å². The van der Waals surface area contributed by atoms with Gasteiger partial charge in [-0.3, -0.25) is 4.79 Å². The highest BCUT2D eigenvalue weighted by atomic mass is 19.3. The Bertz CT molecular complexity index is 1090. The molecule has 3 aliphatic rings. The Morgan fingerprint density at radius 1 is 0.857 bits per heavy atom. The van der Waals surface area contributed by atoms with E-state index in [-0.39, 0.29) is 18.7 Å². The van der Waals surface area contributed by atoms with Crippen LogP contribution >= 0.6 is 0 Å². The molecule has 0 aromatic heterocycles. The van der Waals surface area contributed by atoms with Crippen molar-refractivity contribution in [2.75, 3.05) is 60.3 Å². The van der Waals surface area contributed by atoms with Gasteiger partial charge in [-0.1, -0.05) is 6.07 Å². The number of anilines is 4. The van der Waals surface area contributed by atoms with Crippen molar-refractivity contribution in [3.8, 4) is 0 Å². The number of aryl methyl sites for hydroxylation is 1. The average Bonchev–Trinajstić information content (AvgIpc) is 3.58. The number of hydrogen-bond acceptors (Lipinski definition) is 4. The third-order valence-electron chi connectivity index (χ3n) is 8.07. The number of carbonyl (C=O) groups excluding carboxylic acids is 1. The summed E-state index contributed by atoms with van der Waals surface area (Å²) in [6.07, 6.45) is 4.79. The Labute approximate surface area is 207 Å². The zero-order valence-electron chi connectivity index (χ0n) is 21.0. The summed E-state index contributed by atoms with van der Waals surface area (Å²) >= 11 is 0. The summed E-state index contributed by atoms with van der Waals surface area (Å²) in [5.74, 6) is -2.74. The summed E-state index contributed by atoms with van der Waals surface area (Å²) in [7, 11) is 3.89. The fraction of sp³-hybridized carbons (Fsp3) is 0.536. The number of benzene rings is 2. The average molecular weight is 483 g/mol. The summed E-state index contributed by atoms with van der Waals surface area (Å²) in [5.41, 5.74) is 5.90. The molecule has 2 aromatic rings. The molecule has 0 unspecified atom stereocenters. The van der Waals surface area contributed by atoms with E-state index in [0.717, 1.165) is 35.7 Å². The molecule has 1 amide bonds. The molecule has 188 valence electrons. The molecule has 1 spiro atoms. The van der Waals surface area contributed by atoms with Gasteiger partial charge in [0, 0.05) is 64.5 Å². The van der Waals surface area contributed by atoms with E-state index >= 15 is 0 Å². The lowest BCUT2D eigenvalue weighted by Gasteiger charge is -2.36. The first-order valence-electron chi connectivity index (χ1n) is 12.8. The Hall–Kier alpha value is -2.83. The van der Waals surface area contributed by atoms with Crippen LogP contribution in [0.15, 0.2) is 36.4 Å². The Kier molecular flexibility index (Phi) is 6.14. The van der Waals surface area contributed by atoms with E-state index in [0.29, 0.717) is 29.8 Å². The fourth-order valence-corrected chi connectivity index (χ4v) is 5.50. The predicted octanol–water partition coefficient (Wildman–Crippen LogP) is 5.93. The lowest BCUT2D eigenvalue weighted by Crippen LogP contribution is -2.40. The van der Waals surface area contributed by atoms with Crippen LogP contribution in [0.2, 0.25) is 0 Å². The number of nitrogens with one attached hydrogen (secondary N) is 1. The molecule has 5 rings (SSSR count). The monoisotopic (exact) mass is 482 g/mol. The van der Waals surface area contributed by atoms with E-state index in [4.69, 9.17) is 0 Å². The first-order valence-corrected chi connectivity index (χ1v) is 12.8. The summed E-state index contributed by atoms with van der Waals surface area (Å²) < 4.78 is 27.5. The number of piperidine rings is 2. The number of alkyl halides is 2. The molecule has 0 bridgehead atoms. The second-order valence-corrected chi connectivity index (χ2v) is 10.9. The fourth-order valence-electron chi connectivity index (χ4n) is 5.50. The summed E-state index contributed by atoms with van der Waals surface area (Å²) in [6.45, 7) is 4.63. The minimum absolute atomic E-state index is 0.138. The normalized spacial score (nSPS) is 20.6. The topological polar surface area (TPSA) is 38.8 Å². The minimum atomic E-state index is -2.60. The Morgan fingerprint density at radius 2 is 1.49 bits per heavy atom. The summed E-state index contributed by atoms with van der Waals surface area (Å²) in [6, 6.07) is 11.8. The molecular formula is C28H36F2N4O. The van der Waals surface area contributed by atoms with Crippen LogP contribution in [0, 0.1) is 12.3 Å². The molecule has 35 heavy (non-hydrogen) atoms. The number of hydrogen-bond donors (Lipinski definition) is 1. The van der Waals surface area contributed by atoms with Gasteiger partial charge in [0.15, 0.2) is 0 Å². The lowest BCUT2D eigenvalue weighted by atomic mass is 9.92. The Balaban J connectivity index is 1.37. The van der Waals surface area contributed by atoms with Crippen molar-refractivity contribution in [2.45, 2.75) is 51.4 Å². The summed E-state index contributed by atoms with van der Waals surface area (Å²) in [5, 5.41) is 3.09. The zero-order chi connectivity index (χ0) is 24.8. The molecule has 2 aromatic carbocycles. The maximum Gasteiger partial charge on any atom is 0.257 e. The second kappa shape index (κ2) is 8.99. The van der Waals surface area contributed by atoms with Gasteiger partial charge in [0.1, 0.15) is 0 Å². The molecule has 5 nitrogen and oxygen atoms in total. The molecule has 0 atom stereocenters. The number of amides is 1. The number of rotatable bonds is 5. The van der Waals surface area contributed by atoms with Crippen LogP contribution in [0.25, 0.3) is 0 Å². The third-order valence-corrected chi connectivity index (χ3v) is 8.07. The number of halogens is 2. The summed E-state index contributed by atoms with van der Waals surface area (Å²) in [4.78, 5) is 19.8. The van der Waals surface area contributed by atoms with E-state index in [1.165, 1.54) is 25.7 Å². The molecule has 0 radical (unpaired) electrons. The van der Waals surface area contributed by atoms with E-state index in [9.17, 15) is 13.6 Å². The van der Waals surface area contributed by atoms with Crippen molar-refractivity contribution in [1.29, 1.82) is 0 Å². The second-order valence-electron chi connectivity index (χ2n) is 10.9. The van der Waals surface area contributed by atoms with Gasteiger partial charge in [-0.05, 0) is 73.9 Å². The first kappa shape index (κ1) is 23.9. The zero-order valence-corrected chi connectivity index (χ0v) is 21.0. The van der Waals surface area contributed by atoms with Crippen LogP contribution in [0.1, 0.15) is 54.4 Å². The molecule has 7 heteroatoms. The van der Waals surface area contributed by atoms with E-state index < -0.39 is 5.92 Å². The van der Waals surface area contributed by atoms with Crippen molar-refractivity contribution in [3.05, 3.63) is 47.5 Å². The van der Waals surface area contributed by atoms with Gasteiger partial charge in [-0.15, -0.1) is 0 Å². The van der Waals surface area contributed by atoms with Crippen LogP contribution in [-0.4, -0.2) is 52.1 Å². The largest absolute Gasteiger partial charge is 0.376 e. The van der Waals surface area contributed by atoms with Crippen molar-refractivity contribution in [1.82, 2.24) is 0 Å². The lowest BCUT2D eigenvalue weighted by molar-refractivity contribution is -0.0220. The van der Waals surface area contributed by atoms with E-state index in [1.807, 2.05) is 54.2 Å². The van der Waals surface area contributed by atoms with Gasteiger partial charge in [-0.2, -0.15) is 0 Å². The quantitative estimate of drug-likeness (QED) is 0.573. The molecular weight excluding hydrogens is 446 g/mol. The molecule has 1 aliphatic carbocycles. The van der Waals surface area contributed by atoms with Crippen LogP contribution in [-0.2, 0) is 0 Å². The van der Waals surface area contributed by atoms with Gasteiger partial charge < -0.3 is 20.0 Å². The number of nitrogens with zero attached hydrogens (tertiary/aromatic N) is 3. The maximum absolute atomic E-state index is 13.8. The number of carbonyl (C=O) groups is 1. The SMILES string of the molecule is Cc1ccc(C(=O)Nc2ccc(N(C)C)c(N3CCC(F)(F)CC3)c2)c(N2CCC3(CC2)CC3)c1. The van der Waals surface area contributed by atoms with Gasteiger partial charge >= 0.3 is 0 Å². The predicted molar refractivity (Wildman–Crippen MR) is 139 cm³/mol. The molecule has 1 saturated carbocycles.